The van der Waals surface area contributed by atoms with E-state index >= 15 is 0 Å². The molecule has 0 atom stereocenters. The standard InChI is InChI=1S/C11H12N4S/c1-6-2-3-7-9(4-6)16-5-8-10(7)14-15-11(8)13-12/h2-4H,5,12H2,1H3,(H2,13,14,15). The first-order valence-electron chi connectivity index (χ1n) is 5.07. The Balaban J connectivity index is 2.20. The molecule has 5 heteroatoms. The van der Waals surface area contributed by atoms with Crippen LogP contribution in [0.1, 0.15) is 11.1 Å². The molecular formula is C11H12N4S. The van der Waals surface area contributed by atoms with Gasteiger partial charge in [0.05, 0.1) is 5.69 Å². The number of anilines is 1. The van der Waals surface area contributed by atoms with Crippen molar-refractivity contribution in [3.8, 4) is 11.3 Å². The van der Waals surface area contributed by atoms with Crippen LogP contribution in [0.2, 0.25) is 0 Å². The molecule has 16 heavy (non-hydrogen) atoms. The van der Waals surface area contributed by atoms with Gasteiger partial charge in [-0.15, -0.1) is 11.8 Å². The van der Waals surface area contributed by atoms with Crippen LogP contribution in [-0.4, -0.2) is 10.2 Å². The fourth-order valence-corrected chi connectivity index (χ4v) is 3.13. The van der Waals surface area contributed by atoms with Gasteiger partial charge in [0.25, 0.3) is 0 Å². The van der Waals surface area contributed by atoms with Gasteiger partial charge < -0.3 is 5.43 Å². The summed E-state index contributed by atoms with van der Waals surface area (Å²) in [6.45, 7) is 2.11. The van der Waals surface area contributed by atoms with Crippen LogP contribution in [-0.2, 0) is 5.75 Å². The third kappa shape index (κ3) is 1.32. The van der Waals surface area contributed by atoms with Gasteiger partial charge in [-0.2, -0.15) is 5.10 Å². The molecule has 0 spiro atoms. The summed E-state index contributed by atoms with van der Waals surface area (Å²) in [5.74, 6) is 7.07. The van der Waals surface area contributed by atoms with Crippen molar-refractivity contribution >= 4 is 17.6 Å². The number of thioether (sulfide) groups is 1. The van der Waals surface area contributed by atoms with E-state index in [1.54, 1.807) is 0 Å². The highest BCUT2D eigenvalue weighted by molar-refractivity contribution is 7.98. The van der Waals surface area contributed by atoms with Gasteiger partial charge in [-0.3, -0.25) is 5.10 Å². The van der Waals surface area contributed by atoms with Gasteiger partial charge in [0.1, 0.15) is 0 Å². The number of hydrogen-bond acceptors (Lipinski definition) is 4. The first kappa shape index (κ1) is 9.74. The van der Waals surface area contributed by atoms with Crippen LogP contribution in [0.3, 0.4) is 0 Å². The Labute approximate surface area is 97.6 Å². The van der Waals surface area contributed by atoms with E-state index in [0.717, 1.165) is 22.8 Å². The molecule has 1 aliphatic rings. The van der Waals surface area contributed by atoms with Crippen LogP contribution >= 0.6 is 11.8 Å². The molecule has 0 aliphatic carbocycles. The van der Waals surface area contributed by atoms with Crippen molar-refractivity contribution in [3.63, 3.8) is 0 Å². The largest absolute Gasteiger partial charge is 0.307 e. The average molecular weight is 232 g/mol. The lowest BCUT2D eigenvalue weighted by Crippen LogP contribution is -2.09. The number of H-pyrrole nitrogens is 1. The fourth-order valence-electron chi connectivity index (χ4n) is 1.95. The maximum absolute atomic E-state index is 5.42. The molecule has 0 radical (unpaired) electrons. The molecule has 3 rings (SSSR count). The summed E-state index contributed by atoms with van der Waals surface area (Å²) in [6, 6.07) is 6.46. The van der Waals surface area contributed by atoms with Gasteiger partial charge in [0.15, 0.2) is 5.82 Å². The molecule has 0 amide bonds. The number of hydrogen-bond donors (Lipinski definition) is 3. The highest BCUT2D eigenvalue weighted by Gasteiger charge is 2.21. The highest BCUT2D eigenvalue weighted by atomic mass is 32.2. The van der Waals surface area contributed by atoms with E-state index in [0.29, 0.717) is 0 Å². The molecule has 0 unspecified atom stereocenters. The second-order valence-electron chi connectivity index (χ2n) is 3.86. The van der Waals surface area contributed by atoms with Crippen molar-refractivity contribution in [3.05, 3.63) is 29.3 Å². The van der Waals surface area contributed by atoms with E-state index in [-0.39, 0.29) is 0 Å². The number of fused-ring (bicyclic) bond motifs is 3. The van der Waals surface area contributed by atoms with E-state index in [9.17, 15) is 0 Å². The fraction of sp³-hybridized carbons (Fsp3) is 0.182. The van der Waals surface area contributed by atoms with Gasteiger partial charge in [0.2, 0.25) is 0 Å². The van der Waals surface area contributed by atoms with Crippen molar-refractivity contribution in [2.24, 2.45) is 5.84 Å². The smallest absolute Gasteiger partial charge is 0.166 e. The quantitative estimate of drug-likeness (QED) is 0.521. The predicted octanol–water partition coefficient (Wildman–Crippen LogP) is 2.28. The molecule has 1 aliphatic heterocycles. The summed E-state index contributed by atoms with van der Waals surface area (Å²) in [7, 11) is 0. The van der Waals surface area contributed by atoms with Gasteiger partial charge >= 0.3 is 0 Å². The molecule has 0 saturated carbocycles. The lowest BCUT2D eigenvalue weighted by molar-refractivity contribution is 1.08. The zero-order chi connectivity index (χ0) is 11.1. The first-order chi connectivity index (χ1) is 7.79. The van der Waals surface area contributed by atoms with E-state index in [4.69, 9.17) is 5.84 Å². The summed E-state index contributed by atoms with van der Waals surface area (Å²) < 4.78 is 0. The maximum Gasteiger partial charge on any atom is 0.166 e. The topological polar surface area (TPSA) is 66.7 Å². The maximum atomic E-state index is 5.42. The van der Waals surface area contributed by atoms with E-state index < -0.39 is 0 Å². The summed E-state index contributed by atoms with van der Waals surface area (Å²) in [5, 5.41) is 7.21. The predicted molar refractivity (Wildman–Crippen MR) is 66.1 cm³/mol. The van der Waals surface area contributed by atoms with Gasteiger partial charge in [-0.05, 0) is 18.6 Å². The van der Waals surface area contributed by atoms with Crippen molar-refractivity contribution in [2.45, 2.75) is 17.6 Å². The Kier molecular flexibility index (Phi) is 2.15. The molecule has 1 aromatic heterocycles. The van der Waals surface area contributed by atoms with Crippen molar-refractivity contribution in [1.82, 2.24) is 10.2 Å². The van der Waals surface area contributed by atoms with E-state index in [1.165, 1.54) is 16.0 Å². The zero-order valence-electron chi connectivity index (χ0n) is 8.87. The molecule has 2 aromatic rings. The number of benzene rings is 1. The normalized spacial score (nSPS) is 13.1. The van der Waals surface area contributed by atoms with Crippen LogP contribution < -0.4 is 11.3 Å². The number of nitrogens with two attached hydrogens (primary N) is 1. The van der Waals surface area contributed by atoms with Crippen LogP contribution in [0.15, 0.2) is 23.1 Å². The van der Waals surface area contributed by atoms with Gasteiger partial charge in [0, 0.05) is 21.8 Å². The summed E-state index contributed by atoms with van der Waals surface area (Å²) in [4.78, 5) is 1.31. The number of nitrogens with one attached hydrogen (secondary N) is 2. The average Bonchev–Trinajstić information content (AvgIpc) is 2.71. The minimum absolute atomic E-state index is 0.744. The molecule has 0 fully saturated rings. The number of aryl methyl sites for hydroxylation is 1. The third-order valence-electron chi connectivity index (χ3n) is 2.78. The van der Waals surface area contributed by atoms with Gasteiger partial charge in [-0.1, -0.05) is 12.1 Å². The Morgan fingerprint density at radius 2 is 2.38 bits per heavy atom. The second-order valence-corrected chi connectivity index (χ2v) is 4.88. The molecule has 0 bridgehead atoms. The molecule has 4 nitrogen and oxygen atoms in total. The van der Waals surface area contributed by atoms with E-state index in [1.807, 2.05) is 11.8 Å². The molecule has 4 N–H and O–H groups in total. The van der Waals surface area contributed by atoms with Crippen LogP contribution in [0.25, 0.3) is 11.3 Å². The van der Waals surface area contributed by atoms with Crippen molar-refractivity contribution in [2.75, 3.05) is 5.43 Å². The Morgan fingerprint density at radius 1 is 1.50 bits per heavy atom. The number of aromatic amines is 1. The molecule has 1 aromatic carbocycles. The Bertz CT molecular complexity index is 547. The number of aromatic nitrogens is 2. The SMILES string of the molecule is Cc1ccc2c(c1)SCc1c(NN)n[nH]c1-2. The second kappa shape index (κ2) is 3.54. The number of nitrogens with zero attached hydrogens (tertiary/aromatic N) is 1. The van der Waals surface area contributed by atoms with E-state index in [2.05, 4.69) is 40.7 Å². The molecule has 82 valence electrons. The molecular weight excluding hydrogens is 220 g/mol. The minimum atomic E-state index is 0.744. The molecule has 2 heterocycles. The lowest BCUT2D eigenvalue weighted by atomic mass is 10.1. The molecule has 0 saturated heterocycles. The van der Waals surface area contributed by atoms with Crippen molar-refractivity contribution < 1.29 is 0 Å². The lowest BCUT2D eigenvalue weighted by Gasteiger charge is -2.16. The monoisotopic (exact) mass is 232 g/mol. The first-order valence-corrected chi connectivity index (χ1v) is 6.06. The highest BCUT2D eigenvalue weighted by Crippen LogP contribution is 2.42. The number of hydrazine groups is 1. The minimum Gasteiger partial charge on any atom is -0.307 e. The van der Waals surface area contributed by atoms with Gasteiger partial charge in [-0.25, -0.2) is 5.84 Å². The third-order valence-corrected chi connectivity index (χ3v) is 3.86. The van der Waals surface area contributed by atoms with Crippen LogP contribution in [0.5, 0.6) is 0 Å². The number of rotatable bonds is 1. The van der Waals surface area contributed by atoms with Crippen LogP contribution in [0.4, 0.5) is 5.82 Å². The summed E-state index contributed by atoms with van der Waals surface area (Å²) in [5.41, 5.74) is 7.36. The zero-order valence-corrected chi connectivity index (χ0v) is 9.69. The Hall–Kier alpha value is -1.46. The summed E-state index contributed by atoms with van der Waals surface area (Å²) in [6.07, 6.45) is 0. The number of nitrogen functional groups attached to an aromatic ring is 1. The Morgan fingerprint density at radius 3 is 3.19 bits per heavy atom. The summed E-state index contributed by atoms with van der Waals surface area (Å²) >= 11 is 1.82. The van der Waals surface area contributed by atoms with Crippen molar-refractivity contribution in [1.29, 1.82) is 0 Å². The van der Waals surface area contributed by atoms with Crippen LogP contribution in [0, 0.1) is 6.92 Å².